The van der Waals surface area contributed by atoms with Crippen LogP contribution in [-0.4, -0.2) is 44.3 Å². The lowest BCUT2D eigenvalue weighted by molar-refractivity contribution is -0.139. The topological polar surface area (TPSA) is 86.8 Å². The van der Waals surface area contributed by atoms with Gasteiger partial charge in [0.25, 0.3) is 10.0 Å². The van der Waals surface area contributed by atoms with Gasteiger partial charge in [-0.15, -0.1) is 0 Å². The summed E-state index contributed by atoms with van der Waals surface area (Å²) in [4.78, 5) is 28.3. The highest BCUT2D eigenvalue weighted by atomic mass is 35.5. The molecule has 3 aromatic carbocycles. The fourth-order valence-electron chi connectivity index (χ4n) is 4.11. The number of hydrogen-bond acceptors (Lipinski definition) is 4. The Morgan fingerprint density at radius 2 is 1.55 bits per heavy atom. The van der Waals surface area contributed by atoms with Gasteiger partial charge >= 0.3 is 0 Å². The van der Waals surface area contributed by atoms with Crippen LogP contribution < -0.4 is 9.62 Å². The van der Waals surface area contributed by atoms with Gasteiger partial charge in [0.05, 0.1) is 10.6 Å². The second-order valence-electron chi connectivity index (χ2n) is 9.29. The summed E-state index contributed by atoms with van der Waals surface area (Å²) in [6.45, 7) is 7.45. The largest absolute Gasteiger partial charge is 0.354 e. The summed E-state index contributed by atoms with van der Waals surface area (Å²) in [6.07, 6.45) is 0.749. The SMILES string of the molecule is CCCNC(=O)[C@@H](C)N(Cc1ccc(Cl)cc1)C(=O)CN(c1cc(C)cc(C)c1)S(=O)(=O)c1ccccc1. The fourth-order valence-corrected chi connectivity index (χ4v) is 5.65. The summed E-state index contributed by atoms with van der Waals surface area (Å²) in [5.41, 5.74) is 2.88. The summed E-state index contributed by atoms with van der Waals surface area (Å²) >= 11 is 6.03. The Morgan fingerprint density at radius 3 is 2.13 bits per heavy atom. The molecule has 38 heavy (non-hydrogen) atoms. The molecule has 0 bridgehead atoms. The molecule has 0 aromatic heterocycles. The van der Waals surface area contributed by atoms with Crippen molar-refractivity contribution in [2.75, 3.05) is 17.4 Å². The van der Waals surface area contributed by atoms with Crippen molar-refractivity contribution in [2.45, 2.75) is 51.6 Å². The lowest BCUT2D eigenvalue weighted by atomic mass is 10.1. The minimum Gasteiger partial charge on any atom is -0.354 e. The minimum absolute atomic E-state index is 0.0740. The van der Waals surface area contributed by atoms with E-state index in [4.69, 9.17) is 11.6 Å². The average Bonchev–Trinajstić information content (AvgIpc) is 2.89. The zero-order valence-electron chi connectivity index (χ0n) is 22.1. The molecule has 0 aliphatic heterocycles. The number of anilines is 1. The van der Waals surface area contributed by atoms with Gasteiger partial charge in [-0.05, 0) is 80.3 Å². The standard InChI is InChI=1S/C29H34ClN3O4S/c1-5-15-31-29(35)23(4)32(19-24-11-13-25(30)14-12-24)28(34)20-33(26-17-21(2)16-22(3)18-26)38(36,37)27-9-7-6-8-10-27/h6-14,16-18,23H,5,15,19-20H2,1-4H3,(H,31,35)/t23-/m1/s1. The molecule has 0 unspecified atom stereocenters. The van der Waals surface area contributed by atoms with Gasteiger partial charge in [0.15, 0.2) is 0 Å². The van der Waals surface area contributed by atoms with Crippen LogP contribution in [0.3, 0.4) is 0 Å². The van der Waals surface area contributed by atoms with Crippen LogP contribution in [-0.2, 0) is 26.2 Å². The van der Waals surface area contributed by atoms with E-state index in [1.807, 2.05) is 26.8 Å². The number of aryl methyl sites for hydroxylation is 2. The number of sulfonamides is 1. The second-order valence-corrected chi connectivity index (χ2v) is 11.6. The van der Waals surface area contributed by atoms with Crippen molar-refractivity contribution >= 4 is 39.1 Å². The van der Waals surface area contributed by atoms with Gasteiger partial charge < -0.3 is 10.2 Å². The Bertz CT molecular complexity index is 1340. The molecule has 0 spiro atoms. The van der Waals surface area contributed by atoms with Crippen molar-refractivity contribution in [3.63, 3.8) is 0 Å². The van der Waals surface area contributed by atoms with Gasteiger partial charge in [0.1, 0.15) is 12.6 Å². The van der Waals surface area contributed by atoms with Gasteiger partial charge in [-0.2, -0.15) is 0 Å². The lowest BCUT2D eigenvalue weighted by Gasteiger charge is -2.32. The van der Waals surface area contributed by atoms with Gasteiger partial charge in [-0.25, -0.2) is 8.42 Å². The van der Waals surface area contributed by atoms with E-state index in [1.54, 1.807) is 61.5 Å². The van der Waals surface area contributed by atoms with Crippen LogP contribution in [0.1, 0.15) is 37.0 Å². The molecule has 0 aliphatic rings. The zero-order valence-corrected chi connectivity index (χ0v) is 23.7. The quantitative estimate of drug-likeness (QED) is 0.357. The maximum absolute atomic E-state index is 13.9. The molecule has 1 N–H and O–H groups in total. The molecule has 202 valence electrons. The van der Waals surface area contributed by atoms with Crippen LogP contribution in [0.25, 0.3) is 0 Å². The first-order valence-corrected chi connectivity index (χ1v) is 14.3. The molecule has 0 aliphatic carbocycles. The average molecular weight is 556 g/mol. The van der Waals surface area contributed by atoms with Gasteiger partial charge in [0.2, 0.25) is 11.8 Å². The third-order valence-electron chi connectivity index (χ3n) is 6.09. The molecule has 0 radical (unpaired) electrons. The second kappa shape index (κ2) is 12.9. The normalized spacial score (nSPS) is 12.0. The number of benzene rings is 3. The Labute approximate surface area is 230 Å². The van der Waals surface area contributed by atoms with Crippen LogP contribution in [0.5, 0.6) is 0 Å². The maximum Gasteiger partial charge on any atom is 0.264 e. The van der Waals surface area contributed by atoms with Gasteiger partial charge in [-0.1, -0.05) is 54.9 Å². The van der Waals surface area contributed by atoms with Crippen molar-refractivity contribution in [1.82, 2.24) is 10.2 Å². The molecule has 0 saturated heterocycles. The minimum atomic E-state index is -4.09. The molecule has 3 rings (SSSR count). The first-order chi connectivity index (χ1) is 18.0. The van der Waals surface area contributed by atoms with Crippen molar-refractivity contribution in [1.29, 1.82) is 0 Å². The molecular weight excluding hydrogens is 522 g/mol. The molecule has 0 fully saturated rings. The molecule has 7 nitrogen and oxygen atoms in total. The molecule has 2 amide bonds. The van der Waals surface area contributed by atoms with Crippen molar-refractivity contribution in [2.24, 2.45) is 0 Å². The first-order valence-electron chi connectivity index (χ1n) is 12.5. The maximum atomic E-state index is 13.9. The summed E-state index contributed by atoms with van der Waals surface area (Å²) in [5, 5.41) is 3.38. The summed E-state index contributed by atoms with van der Waals surface area (Å²) in [5.74, 6) is -0.809. The molecular formula is C29H34ClN3O4S. The first kappa shape index (κ1) is 29.2. The highest BCUT2D eigenvalue weighted by Gasteiger charge is 2.32. The Kier molecular flexibility index (Phi) is 9.94. The highest BCUT2D eigenvalue weighted by molar-refractivity contribution is 7.92. The number of amides is 2. The number of nitrogens with zero attached hydrogens (tertiary/aromatic N) is 2. The Morgan fingerprint density at radius 1 is 0.947 bits per heavy atom. The summed E-state index contributed by atoms with van der Waals surface area (Å²) in [6, 6.07) is 19.6. The molecule has 1 atom stereocenters. The summed E-state index contributed by atoms with van der Waals surface area (Å²) < 4.78 is 28.8. The lowest BCUT2D eigenvalue weighted by Crippen LogP contribution is -2.51. The van der Waals surface area contributed by atoms with Crippen LogP contribution in [0, 0.1) is 13.8 Å². The molecule has 0 heterocycles. The Balaban J connectivity index is 2.03. The van der Waals surface area contributed by atoms with E-state index in [2.05, 4.69) is 5.32 Å². The monoisotopic (exact) mass is 555 g/mol. The van der Waals surface area contributed by atoms with E-state index in [0.717, 1.165) is 27.4 Å². The van der Waals surface area contributed by atoms with E-state index >= 15 is 0 Å². The van der Waals surface area contributed by atoms with E-state index in [1.165, 1.54) is 17.0 Å². The van der Waals surface area contributed by atoms with Crippen LogP contribution in [0.4, 0.5) is 5.69 Å². The molecule has 0 saturated carbocycles. The fraction of sp³-hybridized carbons (Fsp3) is 0.310. The smallest absolute Gasteiger partial charge is 0.264 e. The third kappa shape index (κ3) is 7.36. The van der Waals surface area contributed by atoms with Crippen LogP contribution >= 0.6 is 11.6 Å². The highest BCUT2D eigenvalue weighted by Crippen LogP contribution is 2.26. The van der Waals surface area contributed by atoms with E-state index in [-0.39, 0.29) is 17.3 Å². The number of carbonyl (C=O) groups is 2. The van der Waals surface area contributed by atoms with Crippen molar-refractivity contribution in [3.8, 4) is 0 Å². The van der Waals surface area contributed by atoms with E-state index < -0.39 is 28.5 Å². The third-order valence-corrected chi connectivity index (χ3v) is 8.13. The number of carbonyl (C=O) groups excluding carboxylic acids is 2. The van der Waals surface area contributed by atoms with Crippen LogP contribution in [0.15, 0.2) is 77.7 Å². The molecule has 9 heteroatoms. The van der Waals surface area contributed by atoms with E-state index in [9.17, 15) is 18.0 Å². The van der Waals surface area contributed by atoms with E-state index in [0.29, 0.717) is 17.3 Å². The van der Waals surface area contributed by atoms with Gasteiger partial charge in [0, 0.05) is 18.1 Å². The number of nitrogens with one attached hydrogen (secondary N) is 1. The number of hydrogen-bond donors (Lipinski definition) is 1. The summed E-state index contributed by atoms with van der Waals surface area (Å²) in [7, 11) is -4.09. The Hall–Kier alpha value is -3.36. The van der Waals surface area contributed by atoms with Crippen LogP contribution in [0.2, 0.25) is 5.02 Å². The zero-order chi connectivity index (χ0) is 27.9. The predicted octanol–water partition coefficient (Wildman–Crippen LogP) is 5.10. The van der Waals surface area contributed by atoms with Crippen molar-refractivity contribution < 1.29 is 18.0 Å². The van der Waals surface area contributed by atoms with Crippen molar-refractivity contribution in [3.05, 3.63) is 94.5 Å². The predicted molar refractivity (Wildman–Crippen MR) is 152 cm³/mol. The van der Waals surface area contributed by atoms with Gasteiger partial charge in [-0.3, -0.25) is 13.9 Å². The number of rotatable bonds is 11. The molecule has 3 aromatic rings. The number of halogens is 1.